The smallest absolute Gasteiger partial charge is 0.269 e. The molecule has 0 aliphatic carbocycles. The fourth-order valence-corrected chi connectivity index (χ4v) is 1.90. The lowest BCUT2D eigenvalue weighted by molar-refractivity contribution is -0.121. The largest absolute Gasteiger partial charge is 0.494 e. The van der Waals surface area contributed by atoms with Gasteiger partial charge in [-0.2, -0.15) is 0 Å². The van der Waals surface area contributed by atoms with Crippen LogP contribution in [0.3, 0.4) is 0 Å². The number of benzene rings is 2. The number of hydrogen-bond donors (Lipinski definition) is 2. The first-order valence-electron chi connectivity index (χ1n) is 7.15. The van der Waals surface area contributed by atoms with Crippen molar-refractivity contribution in [3.63, 3.8) is 0 Å². The van der Waals surface area contributed by atoms with Gasteiger partial charge in [0.2, 0.25) is 5.91 Å². The lowest BCUT2D eigenvalue weighted by Crippen LogP contribution is -2.42. The quantitative estimate of drug-likeness (QED) is 0.831. The Bertz CT molecular complexity index is 669. The molecule has 0 radical (unpaired) electrons. The number of rotatable bonds is 5. The highest BCUT2D eigenvalue weighted by Gasteiger charge is 2.08. The molecule has 2 aromatic carbocycles. The van der Waals surface area contributed by atoms with E-state index in [1.165, 1.54) is 24.3 Å². The zero-order valence-corrected chi connectivity index (χ0v) is 12.6. The van der Waals surface area contributed by atoms with Gasteiger partial charge in [0.1, 0.15) is 11.6 Å². The molecule has 0 saturated carbocycles. The van der Waals surface area contributed by atoms with Crippen LogP contribution in [0.15, 0.2) is 48.5 Å². The van der Waals surface area contributed by atoms with E-state index in [4.69, 9.17) is 4.74 Å². The van der Waals surface area contributed by atoms with Gasteiger partial charge in [0.25, 0.3) is 5.91 Å². The first-order valence-corrected chi connectivity index (χ1v) is 7.15. The Hall–Kier alpha value is -2.89. The highest BCUT2D eigenvalue weighted by Crippen LogP contribution is 2.12. The monoisotopic (exact) mass is 316 g/mol. The van der Waals surface area contributed by atoms with Gasteiger partial charge in [-0.25, -0.2) is 4.39 Å². The summed E-state index contributed by atoms with van der Waals surface area (Å²) in [5.41, 5.74) is 5.66. The molecule has 0 atom stereocenters. The number of nitrogens with one attached hydrogen (secondary N) is 2. The molecule has 6 heteroatoms. The van der Waals surface area contributed by atoms with Gasteiger partial charge >= 0.3 is 0 Å². The molecular weight excluding hydrogens is 299 g/mol. The van der Waals surface area contributed by atoms with Crippen molar-refractivity contribution >= 4 is 11.8 Å². The SMILES string of the molecule is CCOc1ccc(CC(=O)NNC(=O)c2ccc(F)cc2)cc1. The normalized spacial score (nSPS) is 10.0. The summed E-state index contributed by atoms with van der Waals surface area (Å²) in [6, 6.07) is 12.2. The summed E-state index contributed by atoms with van der Waals surface area (Å²) in [5.74, 6) is -0.558. The van der Waals surface area contributed by atoms with E-state index in [9.17, 15) is 14.0 Å². The molecule has 2 N–H and O–H groups in total. The Morgan fingerprint density at radius 1 is 1.00 bits per heavy atom. The van der Waals surface area contributed by atoms with Gasteiger partial charge in [0.15, 0.2) is 0 Å². The second-order valence-corrected chi connectivity index (χ2v) is 4.76. The van der Waals surface area contributed by atoms with Gasteiger partial charge in [-0.15, -0.1) is 0 Å². The number of carbonyl (C=O) groups excluding carboxylic acids is 2. The minimum Gasteiger partial charge on any atom is -0.494 e. The third-order valence-electron chi connectivity index (χ3n) is 3.02. The van der Waals surface area contributed by atoms with Crippen molar-refractivity contribution in [1.82, 2.24) is 10.9 Å². The van der Waals surface area contributed by atoms with Crippen molar-refractivity contribution in [2.24, 2.45) is 0 Å². The van der Waals surface area contributed by atoms with Gasteiger partial charge in [-0.05, 0) is 48.9 Å². The molecule has 0 bridgehead atoms. The van der Waals surface area contributed by atoms with Crippen LogP contribution in [0.25, 0.3) is 0 Å². The fourth-order valence-electron chi connectivity index (χ4n) is 1.90. The molecule has 120 valence electrons. The summed E-state index contributed by atoms with van der Waals surface area (Å²) in [5, 5.41) is 0. The number of hydrazine groups is 1. The van der Waals surface area contributed by atoms with Crippen LogP contribution in [-0.2, 0) is 11.2 Å². The second kappa shape index (κ2) is 7.93. The zero-order chi connectivity index (χ0) is 16.7. The number of halogens is 1. The maximum Gasteiger partial charge on any atom is 0.269 e. The maximum absolute atomic E-state index is 12.8. The highest BCUT2D eigenvalue weighted by atomic mass is 19.1. The Kier molecular flexibility index (Phi) is 5.68. The predicted octanol–water partition coefficient (Wildman–Crippen LogP) is 2.23. The molecule has 0 aromatic heterocycles. The molecule has 2 amide bonds. The standard InChI is InChI=1S/C17H17FN2O3/c1-2-23-15-9-3-12(4-10-15)11-16(21)19-20-17(22)13-5-7-14(18)8-6-13/h3-10H,2,11H2,1H3,(H,19,21)(H,20,22). The first-order chi connectivity index (χ1) is 11.1. The molecule has 5 nitrogen and oxygen atoms in total. The minimum absolute atomic E-state index is 0.121. The summed E-state index contributed by atoms with van der Waals surface area (Å²) in [6.07, 6.45) is 0.121. The van der Waals surface area contributed by atoms with Gasteiger partial charge in [0, 0.05) is 5.56 Å². The van der Waals surface area contributed by atoms with Gasteiger partial charge in [-0.1, -0.05) is 12.1 Å². The third-order valence-corrected chi connectivity index (χ3v) is 3.02. The van der Waals surface area contributed by atoms with E-state index in [1.54, 1.807) is 24.3 Å². The third kappa shape index (κ3) is 5.10. The molecule has 2 rings (SSSR count). The van der Waals surface area contributed by atoms with Crippen LogP contribution in [0.5, 0.6) is 5.75 Å². The number of carbonyl (C=O) groups is 2. The van der Waals surface area contributed by atoms with Crippen molar-refractivity contribution < 1.29 is 18.7 Å². The average Bonchev–Trinajstić information content (AvgIpc) is 2.55. The second-order valence-electron chi connectivity index (χ2n) is 4.76. The molecule has 0 heterocycles. The van der Waals surface area contributed by atoms with Crippen LogP contribution in [-0.4, -0.2) is 18.4 Å². The van der Waals surface area contributed by atoms with Crippen LogP contribution in [0, 0.1) is 5.82 Å². The average molecular weight is 316 g/mol. The van der Waals surface area contributed by atoms with Gasteiger partial charge in [-0.3, -0.25) is 20.4 Å². The Labute approximate surface area is 133 Å². The van der Waals surface area contributed by atoms with Crippen LogP contribution in [0.2, 0.25) is 0 Å². The molecule has 0 aliphatic heterocycles. The number of ether oxygens (including phenoxy) is 1. The fraction of sp³-hybridized carbons (Fsp3) is 0.176. The molecule has 0 aliphatic rings. The van der Waals surface area contributed by atoms with E-state index < -0.39 is 11.7 Å². The first kappa shape index (κ1) is 16.5. The lowest BCUT2D eigenvalue weighted by atomic mass is 10.1. The van der Waals surface area contributed by atoms with Crippen molar-refractivity contribution in [3.8, 4) is 5.75 Å². The lowest BCUT2D eigenvalue weighted by Gasteiger charge is -2.08. The maximum atomic E-state index is 12.8. The zero-order valence-electron chi connectivity index (χ0n) is 12.6. The van der Waals surface area contributed by atoms with Crippen molar-refractivity contribution in [2.45, 2.75) is 13.3 Å². The molecule has 0 unspecified atom stereocenters. The molecule has 0 fully saturated rings. The van der Waals surface area contributed by atoms with Crippen molar-refractivity contribution in [2.75, 3.05) is 6.61 Å². The van der Waals surface area contributed by atoms with E-state index >= 15 is 0 Å². The van der Waals surface area contributed by atoms with Crippen LogP contribution in [0.1, 0.15) is 22.8 Å². The Balaban J connectivity index is 1.82. The van der Waals surface area contributed by atoms with Crippen LogP contribution in [0.4, 0.5) is 4.39 Å². The molecule has 0 saturated heterocycles. The van der Waals surface area contributed by atoms with Crippen LogP contribution >= 0.6 is 0 Å². The van der Waals surface area contributed by atoms with E-state index in [0.717, 1.165) is 11.3 Å². The Morgan fingerprint density at radius 2 is 1.65 bits per heavy atom. The number of hydrogen-bond acceptors (Lipinski definition) is 3. The van der Waals surface area contributed by atoms with Crippen molar-refractivity contribution in [1.29, 1.82) is 0 Å². The summed E-state index contributed by atoms with van der Waals surface area (Å²) in [6.45, 7) is 2.47. The van der Waals surface area contributed by atoms with E-state index in [0.29, 0.717) is 6.61 Å². The van der Waals surface area contributed by atoms with Gasteiger partial charge in [0.05, 0.1) is 13.0 Å². The summed E-state index contributed by atoms with van der Waals surface area (Å²) < 4.78 is 18.1. The van der Waals surface area contributed by atoms with E-state index in [2.05, 4.69) is 10.9 Å². The van der Waals surface area contributed by atoms with E-state index in [-0.39, 0.29) is 17.9 Å². The molecule has 23 heavy (non-hydrogen) atoms. The highest BCUT2D eigenvalue weighted by molar-refractivity contribution is 5.95. The number of amides is 2. The van der Waals surface area contributed by atoms with E-state index in [1.807, 2.05) is 6.92 Å². The molecular formula is C17H17FN2O3. The minimum atomic E-state index is -0.509. The Morgan fingerprint density at radius 3 is 2.26 bits per heavy atom. The van der Waals surface area contributed by atoms with Crippen LogP contribution < -0.4 is 15.6 Å². The molecule has 0 spiro atoms. The predicted molar refractivity (Wildman–Crippen MR) is 83.3 cm³/mol. The van der Waals surface area contributed by atoms with Gasteiger partial charge < -0.3 is 4.74 Å². The molecule has 2 aromatic rings. The summed E-state index contributed by atoms with van der Waals surface area (Å²) in [4.78, 5) is 23.6. The summed E-state index contributed by atoms with van der Waals surface area (Å²) in [7, 11) is 0. The van der Waals surface area contributed by atoms with Crippen molar-refractivity contribution in [3.05, 3.63) is 65.5 Å². The summed E-state index contributed by atoms with van der Waals surface area (Å²) >= 11 is 0. The topological polar surface area (TPSA) is 67.4 Å².